The molecule has 10 heteroatoms. The number of aromatic nitrogens is 4. The van der Waals surface area contributed by atoms with Crippen LogP contribution in [0.3, 0.4) is 0 Å². The molecule has 3 heterocycles. The number of carbonyl (C=O) groups excluding carboxylic acids is 1. The van der Waals surface area contributed by atoms with E-state index in [4.69, 9.17) is 0 Å². The van der Waals surface area contributed by atoms with Crippen molar-refractivity contribution in [2.45, 2.75) is 75.9 Å². The van der Waals surface area contributed by atoms with Crippen molar-refractivity contribution in [3.8, 4) is 0 Å². The summed E-state index contributed by atoms with van der Waals surface area (Å²) in [5.41, 5.74) is 0.950. The number of hydrogen-bond donors (Lipinski definition) is 3. The number of halogens is 3. The second-order valence-corrected chi connectivity index (χ2v) is 9.78. The van der Waals surface area contributed by atoms with Crippen LogP contribution in [0.2, 0.25) is 0 Å². The zero-order chi connectivity index (χ0) is 24.6. The third-order valence-electron chi connectivity index (χ3n) is 7.19. The van der Waals surface area contributed by atoms with Crippen molar-refractivity contribution in [3.05, 3.63) is 47.4 Å². The van der Waals surface area contributed by atoms with Crippen LogP contribution in [-0.4, -0.2) is 48.9 Å². The van der Waals surface area contributed by atoms with Crippen LogP contribution in [0.4, 0.5) is 19.0 Å². The van der Waals surface area contributed by atoms with Crippen molar-refractivity contribution >= 4 is 22.6 Å². The number of anilines is 1. The summed E-state index contributed by atoms with van der Waals surface area (Å²) < 4.78 is 41.8. The van der Waals surface area contributed by atoms with Crippen LogP contribution in [-0.2, 0) is 6.42 Å². The number of pyridine rings is 1. The van der Waals surface area contributed by atoms with E-state index in [-0.39, 0.29) is 42.0 Å². The fourth-order valence-corrected chi connectivity index (χ4v) is 5.24. The fraction of sp³-hybridized carbons (Fsp3) is 0.520. The standard InChI is InChI=1S/C25H28F3N5O2/c26-22-18(5-4-16(32-22)10-14-6-8-25(27,28)9-7-14)21(35)19-12-29-23-20(19)24(31-13-30-23)33-15-2-1-3-17(34)11-15/h4-5,12-15,17,34H,1-3,6-11H2,(H2,29,30,31,33)/t15-,17-/m1/s1. The Morgan fingerprint density at radius 3 is 2.69 bits per heavy atom. The Morgan fingerprint density at radius 2 is 1.94 bits per heavy atom. The number of hydrogen-bond acceptors (Lipinski definition) is 6. The SMILES string of the molecule is O=C(c1ccc(CC2CCC(F)(F)CC2)nc1F)c1c[nH]c2ncnc(N[C@@H]3CCC[C@@H](O)C3)c12. The van der Waals surface area contributed by atoms with Gasteiger partial charge < -0.3 is 15.4 Å². The molecule has 0 amide bonds. The van der Waals surface area contributed by atoms with E-state index in [1.54, 1.807) is 6.07 Å². The molecule has 2 atom stereocenters. The van der Waals surface area contributed by atoms with Gasteiger partial charge >= 0.3 is 0 Å². The molecule has 5 rings (SSSR count). The molecule has 7 nitrogen and oxygen atoms in total. The third kappa shape index (κ3) is 5.17. The maximum Gasteiger partial charge on any atom is 0.248 e. The van der Waals surface area contributed by atoms with Crippen LogP contribution < -0.4 is 5.32 Å². The molecular formula is C25H28F3N5O2. The normalized spacial score (nSPS) is 22.9. The number of nitrogens with zero attached hydrogens (tertiary/aromatic N) is 3. The van der Waals surface area contributed by atoms with E-state index in [0.717, 1.165) is 19.3 Å². The number of rotatable bonds is 6. The van der Waals surface area contributed by atoms with Crippen LogP contribution in [0.25, 0.3) is 11.0 Å². The van der Waals surface area contributed by atoms with Gasteiger partial charge in [-0.15, -0.1) is 0 Å². The van der Waals surface area contributed by atoms with E-state index < -0.39 is 17.7 Å². The van der Waals surface area contributed by atoms with Gasteiger partial charge in [-0.05, 0) is 63.0 Å². The number of carbonyl (C=O) groups is 1. The molecule has 2 aliphatic carbocycles. The van der Waals surface area contributed by atoms with E-state index in [1.807, 2.05) is 0 Å². The first-order valence-corrected chi connectivity index (χ1v) is 12.1. The lowest BCUT2D eigenvalue weighted by Crippen LogP contribution is -2.30. The molecule has 35 heavy (non-hydrogen) atoms. The molecule has 2 aliphatic rings. The summed E-state index contributed by atoms with van der Waals surface area (Å²) in [7, 11) is 0. The first-order chi connectivity index (χ1) is 16.8. The van der Waals surface area contributed by atoms with E-state index in [0.29, 0.717) is 48.2 Å². The first-order valence-electron chi connectivity index (χ1n) is 12.1. The van der Waals surface area contributed by atoms with Crippen molar-refractivity contribution in [1.82, 2.24) is 19.9 Å². The Kier molecular flexibility index (Phi) is 6.48. The van der Waals surface area contributed by atoms with Crippen molar-refractivity contribution in [1.29, 1.82) is 0 Å². The molecule has 0 unspecified atom stereocenters. The molecule has 3 N–H and O–H groups in total. The van der Waals surface area contributed by atoms with Crippen LogP contribution in [0.5, 0.6) is 0 Å². The van der Waals surface area contributed by atoms with Crippen molar-refractivity contribution < 1.29 is 23.1 Å². The molecule has 0 aliphatic heterocycles. The van der Waals surface area contributed by atoms with E-state index in [9.17, 15) is 23.1 Å². The number of alkyl halides is 2. The summed E-state index contributed by atoms with van der Waals surface area (Å²) in [6.07, 6.45) is 6.43. The Bertz CT molecular complexity index is 1220. The minimum atomic E-state index is -2.61. The Morgan fingerprint density at radius 1 is 1.14 bits per heavy atom. The minimum absolute atomic E-state index is 0.00660. The zero-order valence-corrected chi connectivity index (χ0v) is 19.2. The number of fused-ring (bicyclic) bond motifs is 1. The van der Waals surface area contributed by atoms with E-state index in [2.05, 4.69) is 25.3 Å². The van der Waals surface area contributed by atoms with Gasteiger partial charge in [-0.2, -0.15) is 4.39 Å². The summed E-state index contributed by atoms with van der Waals surface area (Å²) in [6.45, 7) is 0. The molecule has 0 spiro atoms. The monoisotopic (exact) mass is 487 g/mol. The highest BCUT2D eigenvalue weighted by Gasteiger charge is 2.35. The number of aliphatic hydroxyl groups excluding tert-OH is 1. The van der Waals surface area contributed by atoms with Gasteiger partial charge in [0.05, 0.1) is 22.6 Å². The van der Waals surface area contributed by atoms with E-state index >= 15 is 0 Å². The van der Waals surface area contributed by atoms with Crippen molar-refractivity contribution in [3.63, 3.8) is 0 Å². The maximum atomic E-state index is 14.9. The molecule has 0 aromatic carbocycles. The largest absolute Gasteiger partial charge is 0.393 e. The Labute approximate surface area is 200 Å². The fourth-order valence-electron chi connectivity index (χ4n) is 5.24. The highest BCUT2D eigenvalue weighted by Crippen LogP contribution is 2.37. The number of nitrogens with one attached hydrogen (secondary N) is 2. The summed E-state index contributed by atoms with van der Waals surface area (Å²) in [6, 6.07) is 3.01. The van der Waals surface area contributed by atoms with Crippen molar-refractivity contribution in [2.24, 2.45) is 5.92 Å². The molecule has 3 aromatic rings. The molecule has 186 valence electrons. The lowest BCUT2D eigenvalue weighted by molar-refractivity contribution is -0.0457. The average molecular weight is 488 g/mol. The summed E-state index contributed by atoms with van der Waals surface area (Å²) in [4.78, 5) is 28.7. The molecule has 0 radical (unpaired) electrons. The summed E-state index contributed by atoms with van der Waals surface area (Å²) in [5.74, 6) is -3.56. The number of aliphatic hydroxyl groups is 1. The average Bonchev–Trinajstić information content (AvgIpc) is 3.26. The lowest BCUT2D eigenvalue weighted by atomic mass is 9.84. The Hall–Kier alpha value is -3.01. The second-order valence-electron chi connectivity index (χ2n) is 9.78. The molecule has 2 saturated carbocycles. The highest BCUT2D eigenvalue weighted by molar-refractivity contribution is 6.18. The Balaban J connectivity index is 1.36. The predicted octanol–water partition coefficient (Wildman–Crippen LogP) is 4.81. The molecular weight excluding hydrogens is 459 g/mol. The van der Waals surface area contributed by atoms with Crippen molar-refractivity contribution in [2.75, 3.05) is 5.32 Å². The van der Waals surface area contributed by atoms with Crippen LogP contribution >= 0.6 is 0 Å². The van der Waals surface area contributed by atoms with Gasteiger partial charge in [-0.1, -0.05) is 0 Å². The molecule has 3 aromatic heterocycles. The van der Waals surface area contributed by atoms with Gasteiger partial charge in [-0.3, -0.25) is 4.79 Å². The number of H-pyrrole nitrogens is 1. The molecule has 0 saturated heterocycles. The second kappa shape index (κ2) is 9.56. The van der Waals surface area contributed by atoms with Crippen LogP contribution in [0, 0.1) is 11.9 Å². The third-order valence-corrected chi connectivity index (χ3v) is 7.19. The predicted molar refractivity (Wildman–Crippen MR) is 124 cm³/mol. The van der Waals surface area contributed by atoms with Gasteiger partial charge in [-0.25, -0.2) is 23.7 Å². The van der Waals surface area contributed by atoms with Gasteiger partial charge in [0.25, 0.3) is 0 Å². The van der Waals surface area contributed by atoms with E-state index in [1.165, 1.54) is 18.6 Å². The number of aromatic amines is 1. The topological polar surface area (TPSA) is 104 Å². The van der Waals surface area contributed by atoms with Gasteiger partial charge in [0, 0.05) is 30.8 Å². The van der Waals surface area contributed by atoms with Gasteiger partial charge in [0.2, 0.25) is 11.9 Å². The summed E-state index contributed by atoms with van der Waals surface area (Å²) in [5, 5.41) is 13.8. The zero-order valence-electron chi connectivity index (χ0n) is 19.2. The lowest BCUT2D eigenvalue weighted by Gasteiger charge is -2.28. The maximum absolute atomic E-state index is 14.9. The minimum Gasteiger partial charge on any atom is -0.393 e. The quantitative estimate of drug-likeness (QED) is 0.341. The number of ketones is 1. The molecule has 0 bridgehead atoms. The van der Waals surface area contributed by atoms with Crippen LogP contribution in [0.1, 0.15) is 73.0 Å². The molecule has 2 fully saturated rings. The van der Waals surface area contributed by atoms with Crippen LogP contribution in [0.15, 0.2) is 24.7 Å². The smallest absolute Gasteiger partial charge is 0.248 e. The van der Waals surface area contributed by atoms with Gasteiger partial charge in [0.15, 0.2) is 5.78 Å². The highest BCUT2D eigenvalue weighted by atomic mass is 19.3. The first kappa shape index (κ1) is 23.7. The van der Waals surface area contributed by atoms with Gasteiger partial charge in [0.1, 0.15) is 17.8 Å². The summed E-state index contributed by atoms with van der Waals surface area (Å²) >= 11 is 0.